The van der Waals surface area contributed by atoms with Crippen molar-refractivity contribution < 1.29 is 23.8 Å². The highest BCUT2D eigenvalue weighted by atomic mass is 16.7. The maximum atomic E-state index is 12.6. The van der Waals surface area contributed by atoms with Gasteiger partial charge in [0, 0.05) is 24.7 Å². The average molecular weight is 355 g/mol. The van der Waals surface area contributed by atoms with Gasteiger partial charge in [-0.3, -0.25) is 9.59 Å². The topological polar surface area (TPSA) is 65.1 Å². The van der Waals surface area contributed by atoms with Crippen LogP contribution < -0.4 is 14.2 Å². The van der Waals surface area contributed by atoms with Crippen LogP contribution in [0, 0.1) is 0 Å². The maximum absolute atomic E-state index is 12.6. The molecule has 0 bridgehead atoms. The Balaban J connectivity index is 1.71. The summed E-state index contributed by atoms with van der Waals surface area (Å²) < 4.78 is 16.0. The van der Waals surface area contributed by atoms with Crippen LogP contribution in [-0.4, -0.2) is 37.5 Å². The molecule has 0 atom stereocenters. The molecule has 0 radical (unpaired) electrons. The van der Waals surface area contributed by atoms with E-state index < -0.39 is 0 Å². The fourth-order valence-electron chi connectivity index (χ4n) is 2.83. The van der Waals surface area contributed by atoms with Gasteiger partial charge in [-0.2, -0.15) is 0 Å². The van der Waals surface area contributed by atoms with Gasteiger partial charge in [-0.1, -0.05) is 6.07 Å². The quantitative estimate of drug-likeness (QED) is 0.746. The van der Waals surface area contributed by atoms with Crippen molar-refractivity contribution in [2.45, 2.75) is 19.9 Å². The number of ketones is 1. The summed E-state index contributed by atoms with van der Waals surface area (Å²) in [5, 5.41) is 0. The van der Waals surface area contributed by atoms with Crippen LogP contribution in [0.2, 0.25) is 0 Å². The summed E-state index contributed by atoms with van der Waals surface area (Å²) >= 11 is 0. The number of Topliss-reactive ketones (excluding diaryl/α,β-unsaturated/α-hetero) is 1. The number of amides is 1. The van der Waals surface area contributed by atoms with Crippen LogP contribution in [0.4, 0.5) is 0 Å². The van der Waals surface area contributed by atoms with Crippen LogP contribution in [0.3, 0.4) is 0 Å². The zero-order valence-electron chi connectivity index (χ0n) is 15.1. The summed E-state index contributed by atoms with van der Waals surface area (Å²) in [6.07, 6.45) is 0.158. The van der Waals surface area contributed by atoms with Gasteiger partial charge in [0.2, 0.25) is 12.7 Å². The number of fused-ring (bicyclic) bond motifs is 1. The molecule has 0 fully saturated rings. The number of likely N-dealkylation sites (N-methyl/N-ethyl adjacent to an activating group) is 1. The lowest BCUT2D eigenvalue weighted by Gasteiger charge is -2.18. The molecule has 0 saturated carbocycles. The molecule has 6 heteroatoms. The minimum atomic E-state index is -0.0679. The molecule has 0 saturated heterocycles. The number of ether oxygens (including phenoxy) is 3. The molecule has 2 aromatic rings. The lowest BCUT2D eigenvalue weighted by Crippen LogP contribution is -2.27. The Bertz CT molecular complexity index is 846. The van der Waals surface area contributed by atoms with Crippen molar-refractivity contribution in [1.82, 2.24) is 4.90 Å². The van der Waals surface area contributed by atoms with E-state index in [-0.39, 0.29) is 24.9 Å². The Labute approximate surface area is 152 Å². The molecule has 26 heavy (non-hydrogen) atoms. The molecule has 0 N–H and O–H groups in total. The van der Waals surface area contributed by atoms with Crippen molar-refractivity contribution in [2.75, 3.05) is 21.0 Å². The second-order valence-corrected chi connectivity index (χ2v) is 6.20. The van der Waals surface area contributed by atoms with Gasteiger partial charge in [-0.15, -0.1) is 0 Å². The van der Waals surface area contributed by atoms with E-state index in [0.29, 0.717) is 34.9 Å². The van der Waals surface area contributed by atoms with E-state index in [1.165, 1.54) is 6.92 Å². The third kappa shape index (κ3) is 3.79. The molecule has 2 aromatic carbocycles. The van der Waals surface area contributed by atoms with Gasteiger partial charge in [-0.25, -0.2) is 0 Å². The summed E-state index contributed by atoms with van der Waals surface area (Å²) in [5.74, 6) is 1.89. The van der Waals surface area contributed by atoms with Gasteiger partial charge in [0.15, 0.2) is 17.3 Å². The van der Waals surface area contributed by atoms with Crippen LogP contribution in [0.25, 0.3) is 0 Å². The number of carbonyl (C=O) groups is 2. The van der Waals surface area contributed by atoms with E-state index in [4.69, 9.17) is 14.2 Å². The van der Waals surface area contributed by atoms with Crippen molar-refractivity contribution in [3.8, 4) is 17.2 Å². The third-order valence-electron chi connectivity index (χ3n) is 4.31. The van der Waals surface area contributed by atoms with Crippen molar-refractivity contribution >= 4 is 11.7 Å². The molecule has 6 nitrogen and oxygen atoms in total. The number of hydrogen-bond donors (Lipinski definition) is 0. The smallest absolute Gasteiger partial charge is 0.231 e. The standard InChI is InChI=1S/C20H21NO5/c1-13(22)15-5-7-17(24-3)16(9-15)10-20(23)21(2)11-14-4-6-18-19(8-14)26-12-25-18/h4-9H,10-12H2,1-3H3. The summed E-state index contributed by atoms with van der Waals surface area (Å²) in [4.78, 5) is 25.9. The van der Waals surface area contributed by atoms with E-state index in [1.54, 1.807) is 37.3 Å². The normalized spacial score (nSPS) is 12.0. The molecule has 136 valence electrons. The van der Waals surface area contributed by atoms with Crippen molar-refractivity contribution in [3.05, 3.63) is 53.1 Å². The number of methoxy groups -OCH3 is 1. The minimum absolute atomic E-state index is 0.0462. The second kappa shape index (κ2) is 7.47. The van der Waals surface area contributed by atoms with Crippen LogP contribution >= 0.6 is 0 Å². The Kier molecular flexibility index (Phi) is 5.11. The Morgan fingerprint density at radius 3 is 2.62 bits per heavy atom. The Morgan fingerprint density at radius 2 is 1.88 bits per heavy atom. The third-order valence-corrected chi connectivity index (χ3v) is 4.31. The molecule has 0 aromatic heterocycles. The number of rotatable bonds is 6. The van der Waals surface area contributed by atoms with Gasteiger partial charge in [0.05, 0.1) is 13.5 Å². The van der Waals surface area contributed by atoms with Crippen molar-refractivity contribution in [3.63, 3.8) is 0 Å². The molecular weight excluding hydrogens is 334 g/mol. The van der Waals surface area contributed by atoms with E-state index in [9.17, 15) is 9.59 Å². The highest BCUT2D eigenvalue weighted by Gasteiger charge is 2.17. The fourth-order valence-corrected chi connectivity index (χ4v) is 2.83. The molecule has 3 rings (SSSR count). The van der Waals surface area contributed by atoms with Crippen LogP contribution in [0.1, 0.15) is 28.4 Å². The first-order valence-electron chi connectivity index (χ1n) is 8.28. The lowest BCUT2D eigenvalue weighted by atomic mass is 10.0. The van der Waals surface area contributed by atoms with E-state index >= 15 is 0 Å². The minimum Gasteiger partial charge on any atom is -0.496 e. The van der Waals surface area contributed by atoms with E-state index in [0.717, 1.165) is 5.56 Å². The summed E-state index contributed by atoms with van der Waals surface area (Å²) in [6, 6.07) is 10.8. The molecule has 0 aliphatic carbocycles. The Hall–Kier alpha value is -3.02. The van der Waals surface area contributed by atoms with Crippen LogP contribution in [0.15, 0.2) is 36.4 Å². The number of carbonyl (C=O) groups excluding carboxylic acids is 2. The Morgan fingerprint density at radius 1 is 1.12 bits per heavy atom. The molecule has 1 aliphatic rings. The SMILES string of the molecule is COc1ccc(C(C)=O)cc1CC(=O)N(C)Cc1ccc2c(c1)OCO2. The number of nitrogens with zero attached hydrogens (tertiary/aromatic N) is 1. The largest absolute Gasteiger partial charge is 0.496 e. The molecule has 1 aliphatic heterocycles. The number of benzene rings is 2. The van der Waals surface area contributed by atoms with Crippen molar-refractivity contribution in [1.29, 1.82) is 0 Å². The summed E-state index contributed by atoms with van der Waals surface area (Å²) in [5.41, 5.74) is 2.21. The average Bonchev–Trinajstić information content (AvgIpc) is 3.09. The molecule has 1 amide bonds. The van der Waals surface area contributed by atoms with Crippen LogP contribution in [-0.2, 0) is 17.8 Å². The first-order chi connectivity index (χ1) is 12.5. The highest BCUT2D eigenvalue weighted by molar-refractivity contribution is 5.94. The molecule has 0 spiro atoms. The monoisotopic (exact) mass is 355 g/mol. The highest BCUT2D eigenvalue weighted by Crippen LogP contribution is 2.32. The predicted octanol–water partition coefficient (Wildman–Crippen LogP) is 2.83. The van der Waals surface area contributed by atoms with Gasteiger partial charge in [0.25, 0.3) is 0 Å². The predicted molar refractivity (Wildman–Crippen MR) is 95.7 cm³/mol. The first kappa shape index (κ1) is 17.8. The molecule has 0 unspecified atom stereocenters. The van der Waals surface area contributed by atoms with E-state index in [2.05, 4.69) is 0 Å². The summed E-state index contributed by atoms with van der Waals surface area (Å²) in [7, 11) is 3.29. The molecular formula is C20H21NO5. The van der Waals surface area contributed by atoms with E-state index in [1.807, 2.05) is 18.2 Å². The van der Waals surface area contributed by atoms with Crippen LogP contribution in [0.5, 0.6) is 17.2 Å². The maximum Gasteiger partial charge on any atom is 0.231 e. The van der Waals surface area contributed by atoms with Gasteiger partial charge < -0.3 is 19.1 Å². The number of hydrogen-bond acceptors (Lipinski definition) is 5. The zero-order valence-corrected chi connectivity index (χ0v) is 15.1. The second-order valence-electron chi connectivity index (χ2n) is 6.20. The first-order valence-corrected chi connectivity index (χ1v) is 8.28. The lowest BCUT2D eigenvalue weighted by molar-refractivity contribution is -0.129. The van der Waals surface area contributed by atoms with Crippen molar-refractivity contribution in [2.24, 2.45) is 0 Å². The van der Waals surface area contributed by atoms with Gasteiger partial charge >= 0.3 is 0 Å². The van der Waals surface area contributed by atoms with Gasteiger partial charge in [0.1, 0.15) is 5.75 Å². The fraction of sp³-hybridized carbons (Fsp3) is 0.300. The van der Waals surface area contributed by atoms with Gasteiger partial charge in [-0.05, 0) is 42.8 Å². The zero-order chi connectivity index (χ0) is 18.7. The molecule has 1 heterocycles. The summed E-state index contributed by atoms with van der Waals surface area (Å²) in [6.45, 7) is 2.17.